The first-order chi connectivity index (χ1) is 8.26. The zero-order chi connectivity index (χ0) is 14.2. The summed E-state index contributed by atoms with van der Waals surface area (Å²) in [6, 6.07) is 0. The van der Waals surface area contributed by atoms with Gasteiger partial charge in [-0.2, -0.15) is 0 Å². The summed E-state index contributed by atoms with van der Waals surface area (Å²) in [7, 11) is 0. The molecule has 0 unspecified atom stereocenters. The number of rotatable bonds is 6. The fraction of sp³-hybridized carbons (Fsp3) is 0.818. The first-order valence-corrected chi connectivity index (χ1v) is 5.82. The van der Waals surface area contributed by atoms with Crippen molar-refractivity contribution in [3.8, 4) is 0 Å². The van der Waals surface area contributed by atoms with Crippen LogP contribution in [-0.4, -0.2) is 59.1 Å². The molecule has 0 rings (SSSR count). The summed E-state index contributed by atoms with van der Waals surface area (Å²) in [5.41, 5.74) is -0.576. The number of ether oxygens (including phenoxy) is 1. The van der Waals surface area contributed by atoms with E-state index in [1.807, 2.05) is 0 Å². The number of nitrogens with one attached hydrogen (secondary N) is 1. The van der Waals surface area contributed by atoms with Gasteiger partial charge in [0.05, 0.1) is 0 Å². The first-order valence-electron chi connectivity index (χ1n) is 5.82. The highest BCUT2D eigenvalue weighted by Crippen LogP contribution is 2.06. The van der Waals surface area contributed by atoms with Crippen LogP contribution in [0, 0.1) is 0 Å². The molecule has 0 spiro atoms. The van der Waals surface area contributed by atoms with Gasteiger partial charge in [0.25, 0.3) is 0 Å². The van der Waals surface area contributed by atoms with Gasteiger partial charge in [0.2, 0.25) is 0 Å². The van der Waals surface area contributed by atoms with Crippen LogP contribution < -0.4 is 5.32 Å². The lowest BCUT2D eigenvalue weighted by atomic mass is 10.2. The zero-order valence-electron chi connectivity index (χ0n) is 11.1. The number of amides is 2. The lowest BCUT2D eigenvalue weighted by Crippen LogP contribution is -2.40. The number of aliphatic hydroxyl groups excluding tert-OH is 1. The van der Waals surface area contributed by atoms with E-state index >= 15 is 0 Å². The summed E-state index contributed by atoms with van der Waals surface area (Å²) in [6.07, 6.45) is -1.27. The van der Waals surface area contributed by atoms with Crippen molar-refractivity contribution >= 4 is 12.2 Å². The van der Waals surface area contributed by atoms with Crippen LogP contribution in [0.3, 0.4) is 0 Å². The molecule has 0 bridgehead atoms. The lowest BCUT2D eigenvalue weighted by Gasteiger charge is -2.21. The lowest BCUT2D eigenvalue weighted by molar-refractivity contribution is 0.0519. The highest BCUT2D eigenvalue weighted by Gasteiger charge is 2.16. The van der Waals surface area contributed by atoms with E-state index in [1.54, 1.807) is 20.8 Å². The van der Waals surface area contributed by atoms with Gasteiger partial charge in [0.15, 0.2) is 0 Å². The monoisotopic (exact) mass is 262 g/mol. The third-order valence-electron chi connectivity index (χ3n) is 1.91. The Labute approximate surface area is 107 Å². The highest BCUT2D eigenvalue weighted by molar-refractivity contribution is 5.68. The summed E-state index contributed by atoms with van der Waals surface area (Å²) in [5, 5.41) is 20.0. The van der Waals surface area contributed by atoms with Crippen molar-refractivity contribution in [1.82, 2.24) is 10.2 Å². The third-order valence-corrected chi connectivity index (χ3v) is 1.91. The standard InChI is InChI=1S/C11H22N2O5/c1-11(2,3)18-9(15)12-5-7-13(10(16)17)6-4-8-14/h14H,4-8H2,1-3H3,(H,12,15)(H,16,17). The van der Waals surface area contributed by atoms with Crippen molar-refractivity contribution in [2.75, 3.05) is 26.2 Å². The van der Waals surface area contributed by atoms with E-state index in [2.05, 4.69) is 5.32 Å². The van der Waals surface area contributed by atoms with Crippen molar-refractivity contribution in [3.63, 3.8) is 0 Å². The molecule has 2 amide bonds. The van der Waals surface area contributed by atoms with Crippen molar-refractivity contribution in [3.05, 3.63) is 0 Å². The maximum atomic E-state index is 11.3. The molecule has 7 nitrogen and oxygen atoms in total. The molecular formula is C11H22N2O5. The molecule has 0 aromatic carbocycles. The van der Waals surface area contributed by atoms with Crippen LogP contribution >= 0.6 is 0 Å². The molecule has 0 atom stereocenters. The molecule has 0 heterocycles. The first kappa shape index (κ1) is 16.5. The molecule has 18 heavy (non-hydrogen) atoms. The fourth-order valence-corrected chi connectivity index (χ4v) is 1.17. The minimum Gasteiger partial charge on any atom is -0.465 e. The van der Waals surface area contributed by atoms with Gasteiger partial charge in [-0.05, 0) is 27.2 Å². The normalized spacial score (nSPS) is 10.9. The van der Waals surface area contributed by atoms with Gasteiger partial charge in [0.1, 0.15) is 5.60 Å². The zero-order valence-corrected chi connectivity index (χ0v) is 11.1. The molecule has 0 aromatic heterocycles. The summed E-state index contributed by atoms with van der Waals surface area (Å²) in [5.74, 6) is 0. The van der Waals surface area contributed by atoms with Crippen LogP contribution in [-0.2, 0) is 4.74 Å². The van der Waals surface area contributed by atoms with Crippen molar-refractivity contribution in [2.24, 2.45) is 0 Å². The van der Waals surface area contributed by atoms with Crippen LogP contribution in [0.4, 0.5) is 9.59 Å². The topological polar surface area (TPSA) is 99.1 Å². The quantitative estimate of drug-likeness (QED) is 0.659. The Bertz CT molecular complexity index is 275. The van der Waals surface area contributed by atoms with Crippen molar-refractivity contribution in [1.29, 1.82) is 0 Å². The average molecular weight is 262 g/mol. The fourth-order valence-electron chi connectivity index (χ4n) is 1.17. The predicted octanol–water partition coefficient (Wildman–Crippen LogP) is 0.874. The molecular weight excluding hydrogens is 240 g/mol. The van der Waals surface area contributed by atoms with Gasteiger partial charge < -0.3 is 25.2 Å². The van der Waals surface area contributed by atoms with E-state index in [1.165, 1.54) is 0 Å². The van der Waals surface area contributed by atoms with Crippen LogP contribution in [0.2, 0.25) is 0 Å². The van der Waals surface area contributed by atoms with Gasteiger partial charge in [-0.3, -0.25) is 0 Å². The summed E-state index contributed by atoms with van der Waals surface area (Å²) in [6.45, 7) is 5.75. The maximum Gasteiger partial charge on any atom is 0.407 e. The second-order valence-electron chi connectivity index (χ2n) is 4.78. The molecule has 0 aromatic rings. The van der Waals surface area contributed by atoms with Gasteiger partial charge in [-0.25, -0.2) is 9.59 Å². The Kier molecular flexibility index (Phi) is 7.11. The van der Waals surface area contributed by atoms with Gasteiger partial charge in [-0.1, -0.05) is 0 Å². The smallest absolute Gasteiger partial charge is 0.407 e. The molecule has 0 fully saturated rings. The molecule has 106 valence electrons. The number of nitrogens with zero attached hydrogens (tertiary/aromatic N) is 1. The number of hydrogen-bond donors (Lipinski definition) is 3. The summed E-state index contributed by atoms with van der Waals surface area (Å²) < 4.78 is 5.01. The number of carboxylic acid groups (broad SMARTS) is 1. The van der Waals surface area contributed by atoms with E-state index in [9.17, 15) is 9.59 Å². The van der Waals surface area contributed by atoms with E-state index in [-0.39, 0.29) is 26.2 Å². The molecule has 3 N–H and O–H groups in total. The van der Waals surface area contributed by atoms with E-state index in [0.29, 0.717) is 6.42 Å². The summed E-state index contributed by atoms with van der Waals surface area (Å²) in [4.78, 5) is 23.2. The molecule has 0 aliphatic carbocycles. The van der Waals surface area contributed by atoms with Crippen LogP contribution in [0.1, 0.15) is 27.2 Å². The molecule has 0 aliphatic heterocycles. The Morgan fingerprint density at radius 2 is 1.89 bits per heavy atom. The van der Waals surface area contributed by atoms with Crippen LogP contribution in [0.25, 0.3) is 0 Å². The third kappa shape index (κ3) is 8.63. The Morgan fingerprint density at radius 3 is 2.33 bits per heavy atom. The predicted molar refractivity (Wildman–Crippen MR) is 65.5 cm³/mol. The number of carbonyl (C=O) groups excluding carboxylic acids is 1. The number of hydrogen-bond acceptors (Lipinski definition) is 4. The van der Waals surface area contributed by atoms with E-state index < -0.39 is 17.8 Å². The largest absolute Gasteiger partial charge is 0.465 e. The highest BCUT2D eigenvalue weighted by atomic mass is 16.6. The van der Waals surface area contributed by atoms with Crippen LogP contribution in [0.5, 0.6) is 0 Å². The van der Waals surface area contributed by atoms with Crippen molar-refractivity contribution in [2.45, 2.75) is 32.8 Å². The molecule has 0 saturated carbocycles. The second-order valence-corrected chi connectivity index (χ2v) is 4.78. The Morgan fingerprint density at radius 1 is 1.28 bits per heavy atom. The van der Waals surface area contributed by atoms with Gasteiger partial charge >= 0.3 is 12.2 Å². The Hall–Kier alpha value is -1.50. The number of carbonyl (C=O) groups is 2. The van der Waals surface area contributed by atoms with E-state index in [4.69, 9.17) is 14.9 Å². The molecule has 7 heteroatoms. The van der Waals surface area contributed by atoms with Crippen molar-refractivity contribution < 1.29 is 24.5 Å². The molecule has 0 saturated heterocycles. The number of aliphatic hydroxyl groups is 1. The maximum absolute atomic E-state index is 11.3. The van der Waals surface area contributed by atoms with Gasteiger partial charge in [-0.15, -0.1) is 0 Å². The minimum atomic E-state index is -1.07. The SMILES string of the molecule is CC(C)(C)OC(=O)NCCN(CCCO)C(=O)O. The van der Waals surface area contributed by atoms with Gasteiger partial charge in [0, 0.05) is 26.2 Å². The Balaban J connectivity index is 3.92. The minimum absolute atomic E-state index is 0.0662. The van der Waals surface area contributed by atoms with Crippen LogP contribution in [0.15, 0.2) is 0 Å². The average Bonchev–Trinajstić information content (AvgIpc) is 2.19. The molecule has 0 aliphatic rings. The van der Waals surface area contributed by atoms with E-state index in [0.717, 1.165) is 4.90 Å². The molecule has 0 radical (unpaired) electrons. The number of alkyl carbamates (subject to hydrolysis) is 1. The second kappa shape index (κ2) is 7.75. The summed E-state index contributed by atoms with van der Waals surface area (Å²) >= 11 is 0.